The van der Waals surface area contributed by atoms with Crippen molar-refractivity contribution in [2.24, 2.45) is 5.10 Å². The highest BCUT2D eigenvalue weighted by Crippen LogP contribution is 2.44. The zero-order chi connectivity index (χ0) is 22.9. The third-order valence-corrected chi connectivity index (χ3v) is 8.16. The van der Waals surface area contributed by atoms with Crippen LogP contribution in [0.3, 0.4) is 0 Å². The molecular weight excluding hydrogens is 440 g/mol. The van der Waals surface area contributed by atoms with Gasteiger partial charge in [0.1, 0.15) is 5.75 Å². The van der Waals surface area contributed by atoms with Crippen LogP contribution in [0.15, 0.2) is 45.8 Å². The Kier molecular flexibility index (Phi) is 6.44. The predicted octanol–water partition coefficient (Wildman–Crippen LogP) is 5.27. The third-order valence-electron chi connectivity index (χ3n) is 5.98. The number of thiazole rings is 1. The average Bonchev–Trinajstić information content (AvgIpc) is 3.18. The summed E-state index contributed by atoms with van der Waals surface area (Å²) in [6, 6.07) is 12.2. The second-order valence-electron chi connectivity index (χ2n) is 8.66. The molecule has 3 aromatic rings. The Bertz CT molecular complexity index is 1140. The molecule has 0 fully saturated rings. The van der Waals surface area contributed by atoms with Crippen molar-refractivity contribution in [2.75, 3.05) is 24.8 Å². The number of para-hydroxylation sites is 1. The number of benzene rings is 2. The van der Waals surface area contributed by atoms with Gasteiger partial charge in [-0.3, -0.25) is 4.79 Å². The zero-order valence-corrected chi connectivity index (χ0v) is 20.6. The maximum atomic E-state index is 12.3. The van der Waals surface area contributed by atoms with E-state index in [0.29, 0.717) is 5.92 Å². The molecule has 6 nitrogen and oxygen atoms in total. The van der Waals surface area contributed by atoms with E-state index in [1.807, 2.05) is 24.3 Å². The lowest BCUT2D eigenvalue weighted by Crippen LogP contribution is -2.45. The monoisotopic (exact) mass is 468 g/mol. The van der Waals surface area contributed by atoms with Crippen molar-refractivity contribution < 1.29 is 9.53 Å². The van der Waals surface area contributed by atoms with E-state index >= 15 is 0 Å². The number of thioether (sulfide) groups is 1. The number of nitrogens with zero attached hydrogens (tertiary/aromatic N) is 3. The van der Waals surface area contributed by atoms with Gasteiger partial charge in [-0.2, -0.15) is 5.10 Å². The van der Waals surface area contributed by atoms with E-state index in [2.05, 4.69) is 60.4 Å². The smallest absolute Gasteiger partial charge is 0.250 e. The molecule has 4 rings (SSSR count). The van der Waals surface area contributed by atoms with Crippen molar-refractivity contribution in [3.8, 4) is 5.75 Å². The molecule has 1 aliphatic rings. The molecular formula is C24H28N4O2S2. The number of nitrogens with one attached hydrogen (secondary N) is 1. The molecule has 0 bridgehead atoms. The van der Waals surface area contributed by atoms with Crippen molar-refractivity contribution in [3.63, 3.8) is 0 Å². The van der Waals surface area contributed by atoms with Gasteiger partial charge in [-0.15, -0.1) is 11.3 Å². The number of anilines is 1. The Morgan fingerprint density at radius 1 is 1.41 bits per heavy atom. The molecule has 32 heavy (non-hydrogen) atoms. The quantitative estimate of drug-likeness (QED) is 0.303. The molecule has 0 radical (unpaired) electrons. The van der Waals surface area contributed by atoms with E-state index in [0.717, 1.165) is 32.3 Å². The number of amides is 1. The van der Waals surface area contributed by atoms with Gasteiger partial charge >= 0.3 is 0 Å². The van der Waals surface area contributed by atoms with Gasteiger partial charge in [0, 0.05) is 29.9 Å². The topological polar surface area (TPSA) is 66.8 Å². The van der Waals surface area contributed by atoms with Crippen molar-refractivity contribution in [3.05, 3.63) is 47.5 Å². The van der Waals surface area contributed by atoms with E-state index in [1.165, 1.54) is 23.0 Å². The number of hydrogen-bond acceptors (Lipinski definition) is 7. The van der Waals surface area contributed by atoms with Crippen LogP contribution < -0.4 is 15.1 Å². The van der Waals surface area contributed by atoms with Gasteiger partial charge in [-0.1, -0.05) is 30.8 Å². The van der Waals surface area contributed by atoms with Crippen LogP contribution >= 0.6 is 23.1 Å². The van der Waals surface area contributed by atoms with Crippen molar-refractivity contribution in [2.45, 2.75) is 43.0 Å². The normalized spacial score (nSPS) is 17.5. The Hall–Kier alpha value is -2.58. The first kappa shape index (κ1) is 22.6. The van der Waals surface area contributed by atoms with E-state index in [9.17, 15) is 4.79 Å². The summed E-state index contributed by atoms with van der Waals surface area (Å²) in [7, 11) is 3.78. The number of methoxy groups -OCH3 is 1. The molecule has 2 aromatic carbocycles. The molecule has 1 atom stereocenters. The molecule has 0 saturated heterocycles. The minimum Gasteiger partial charge on any atom is -0.496 e. The van der Waals surface area contributed by atoms with E-state index in [-0.39, 0.29) is 17.2 Å². The molecule has 0 saturated carbocycles. The number of fused-ring (bicyclic) bond motifs is 2. The summed E-state index contributed by atoms with van der Waals surface area (Å²) in [5, 5.41) is 4.18. The van der Waals surface area contributed by atoms with Crippen LogP contribution in [0, 0.1) is 0 Å². The number of rotatable bonds is 6. The number of hydrogen-bond donors (Lipinski definition) is 1. The number of ether oxygens (including phenoxy) is 1. The molecule has 2 heterocycles. The Morgan fingerprint density at radius 2 is 2.19 bits per heavy atom. The summed E-state index contributed by atoms with van der Waals surface area (Å²) in [4.78, 5) is 19.1. The van der Waals surface area contributed by atoms with Crippen LogP contribution in [0.2, 0.25) is 0 Å². The second kappa shape index (κ2) is 9.11. The average molecular weight is 469 g/mol. The van der Waals surface area contributed by atoms with Crippen molar-refractivity contribution in [1.82, 2.24) is 10.4 Å². The van der Waals surface area contributed by atoms with Gasteiger partial charge in [0.2, 0.25) is 0 Å². The van der Waals surface area contributed by atoms with Gasteiger partial charge in [0.25, 0.3) is 5.91 Å². The van der Waals surface area contributed by atoms with Crippen LogP contribution in [-0.2, 0) is 4.79 Å². The van der Waals surface area contributed by atoms with E-state index in [4.69, 9.17) is 4.74 Å². The zero-order valence-electron chi connectivity index (χ0n) is 19.0. The standard InChI is InChI=1S/C24H28N4O2S2/c1-15-12-24(2,3)28(4)19-11-20(30-5)16(10-17(15)19)13-25-27-22(29)14-31-23-26-18-8-6-7-9-21(18)32-23/h6-11,13,15H,12,14H2,1-5H3,(H,27,29)/b25-13+. The largest absolute Gasteiger partial charge is 0.496 e. The van der Waals surface area contributed by atoms with Crippen molar-refractivity contribution >= 4 is 51.1 Å². The van der Waals surface area contributed by atoms with Crippen LogP contribution in [0.4, 0.5) is 5.69 Å². The number of carbonyl (C=O) groups excluding carboxylic acids is 1. The van der Waals surface area contributed by atoms with Crippen LogP contribution in [-0.4, -0.2) is 42.6 Å². The minimum absolute atomic E-state index is 0.0853. The summed E-state index contributed by atoms with van der Waals surface area (Å²) < 4.78 is 7.61. The summed E-state index contributed by atoms with van der Waals surface area (Å²) in [6.07, 6.45) is 2.73. The maximum absolute atomic E-state index is 12.3. The first-order valence-electron chi connectivity index (χ1n) is 10.5. The summed E-state index contributed by atoms with van der Waals surface area (Å²) in [6.45, 7) is 6.77. The second-order valence-corrected chi connectivity index (χ2v) is 10.9. The Morgan fingerprint density at radius 3 is 2.94 bits per heavy atom. The van der Waals surface area contributed by atoms with E-state index in [1.54, 1.807) is 24.7 Å². The highest BCUT2D eigenvalue weighted by atomic mass is 32.2. The molecule has 1 aromatic heterocycles. The highest BCUT2D eigenvalue weighted by molar-refractivity contribution is 8.01. The molecule has 0 aliphatic carbocycles. The lowest BCUT2D eigenvalue weighted by atomic mass is 9.80. The van der Waals surface area contributed by atoms with E-state index < -0.39 is 0 Å². The van der Waals surface area contributed by atoms with Gasteiger partial charge < -0.3 is 9.64 Å². The molecule has 168 valence electrons. The Labute approximate surface area is 197 Å². The van der Waals surface area contributed by atoms with Crippen LogP contribution in [0.25, 0.3) is 10.2 Å². The number of carbonyl (C=O) groups is 1. The summed E-state index contributed by atoms with van der Waals surface area (Å²) in [5.74, 6) is 1.25. The number of hydrazone groups is 1. The van der Waals surface area contributed by atoms with Gasteiger partial charge in [-0.05, 0) is 49.9 Å². The maximum Gasteiger partial charge on any atom is 0.250 e. The minimum atomic E-state index is -0.169. The highest BCUT2D eigenvalue weighted by Gasteiger charge is 2.34. The molecule has 1 aliphatic heterocycles. The fourth-order valence-corrected chi connectivity index (χ4v) is 6.00. The predicted molar refractivity (Wildman–Crippen MR) is 135 cm³/mol. The van der Waals surface area contributed by atoms with Crippen LogP contribution in [0.5, 0.6) is 5.75 Å². The molecule has 8 heteroatoms. The lowest BCUT2D eigenvalue weighted by molar-refractivity contribution is -0.118. The molecule has 1 N–H and O–H groups in total. The summed E-state index contributed by atoms with van der Waals surface area (Å²) in [5.41, 5.74) is 6.97. The number of aromatic nitrogens is 1. The lowest BCUT2D eigenvalue weighted by Gasteiger charge is -2.45. The third kappa shape index (κ3) is 4.61. The first-order chi connectivity index (χ1) is 15.3. The fraction of sp³-hybridized carbons (Fsp3) is 0.375. The van der Waals surface area contributed by atoms with Gasteiger partial charge in [-0.25, -0.2) is 10.4 Å². The SMILES string of the molecule is COc1cc2c(cc1/C=N/NC(=O)CSc1nc3ccccc3s1)C(C)CC(C)(C)N2C. The van der Waals surface area contributed by atoms with Gasteiger partial charge in [0.05, 0.1) is 29.3 Å². The first-order valence-corrected chi connectivity index (χ1v) is 12.3. The Balaban J connectivity index is 1.42. The molecule has 1 amide bonds. The molecule has 1 unspecified atom stereocenters. The van der Waals surface area contributed by atoms with Crippen molar-refractivity contribution in [1.29, 1.82) is 0 Å². The summed E-state index contributed by atoms with van der Waals surface area (Å²) >= 11 is 3.01. The fourth-order valence-electron chi connectivity index (χ4n) is 4.13. The van der Waals surface area contributed by atoms with Gasteiger partial charge in [0.15, 0.2) is 4.34 Å². The van der Waals surface area contributed by atoms with Crippen LogP contribution in [0.1, 0.15) is 44.2 Å². The molecule has 0 spiro atoms.